The molecule has 0 amide bonds. The summed E-state index contributed by atoms with van der Waals surface area (Å²) < 4.78 is 4.65. The molecule has 0 saturated carbocycles. The van der Waals surface area contributed by atoms with Gasteiger partial charge in [0.1, 0.15) is 0 Å². The van der Waals surface area contributed by atoms with Crippen molar-refractivity contribution in [1.29, 1.82) is 0 Å². The monoisotopic (exact) mass is 169 g/mol. The lowest BCUT2D eigenvalue weighted by Gasteiger charge is -1.82. The Labute approximate surface area is 72.9 Å². The van der Waals surface area contributed by atoms with Gasteiger partial charge in [-0.05, 0) is 12.2 Å². The van der Waals surface area contributed by atoms with Crippen LogP contribution in [0.1, 0.15) is 26.7 Å². The maximum absolute atomic E-state index is 10.5. The molecular formula is C9H15NO2. The van der Waals surface area contributed by atoms with Gasteiger partial charge in [-0.15, -0.1) is 0 Å². The Hall–Kier alpha value is -1.51. The highest BCUT2D eigenvalue weighted by atomic mass is 16.4. The number of hydrogen-bond donors (Lipinski definition) is 1. The molecule has 0 aliphatic rings. The molecule has 3 heteroatoms. The lowest BCUT2D eigenvalue weighted by Crippen LogP contribution is -1.94. The Bertz CT molecular complexity index is 283. The van der Waals surface area contributed by atoms with E-state index in [0.29, 0.717) is 11.5 Å². The Balaban J connectivity index is 0. The van der Waals surface area contributed by atoms with Gasteiger partial charge in [0.2, 0.25) is 0 Å². The van der Waals surface area contributed by atoms with Crippen LogP contribution in [0.3, 0.4) is 0 Å². The fourth-order valence-corrected chi connectivity index (χ4v) is 0.655. The van der Waals surface area contributed by atoms with E-state index in [1.54, 1.807) is 0 Å². The van der Waals surface area contributed by atoms with E-state index in [1.165, 1.54) is 12.2 Å². The molecule has 1 aromatic heterocycles. The molecule has 68 valence electrons. The van der Waals surface area contributed by atoms with Crippen molar-refractivity contribution in [3.05, 3.63) is 35.2 Å². The van der Waals surface area contributed by atoms with Crippen molar-refractivity contribution in [2.45, 2.75) is 13.8 Å². The van der Waals surface area contributed by atoms with Crippen molar-refractivity contribution in [2.75, 3.05) is 0 Å². The summed E-state index contributed by atoms with van der Waals surface area (Å²) in [7, 11) is 0. The number of hydrogen-bond acceptors (Lipinski definition) is 2. The highest BCUT2D eigenvalue weighted by Gasteiger charge is 2.00. The topological polar surface area (TPSA) is 46.0 Å². The first kappa shape index (κ1) is 10.5. The second-order valence-electron chi connectivity index (χ2n) is 1.70. The minimum Gasteiger partial charge on any atom is -0.408 e. The van der Waals surface area contributed by atoms with E-state index in [4.69, 9.17) is 0 Å². The maximum atomic E-state index is 10.5. The van der Waals surface area contributed by atoms with Gasteiger partial charge in [0.15, 0.2) is 5.76 Å². The van der Waals surface area contributed by atoms with Crippen molar-refractivity contribution in [2.24, 2.45) is 0 Å². The molecule has 1 aromatic rings. The summed E-state index contributed by atoms with van der Waals surface area (Å²) in [6, 6.07) is 0. The molecule has 0 saturated heterocycles. The summed E-state index contributed by atoms with van der Waals surface area (Å²) in [5.41, 5.74) is 0.569. The number of oxazole rings is 1. The van der Waals surface area contributed by atoms with Crippen LogP contribution >= 0.6 is 0 Å². The number of nitrogens with one attached hydrogen (secondary N) is 1. The molecule has 0 aliphatic carbocycles. The van der Waals surface area contributed by atoms with Crippen LogP contribution in [0.25, 0.3) is 12.2 Å². The van der Waals surface area contributed by atoms with E-state index < -0.39 is 5.76 Å². The molecule has 3 nitrogen and oxygen atoms in total. The van der Waals surface area contributed by atoms with Crippen LogP contribution in [0.4, 0.5) is 0 Å². The van der Waals surface area contributed by atoms with E-state index in [2.05, 4.69) is 22.6 Å². The average Bonchev–Trinajstić information content (AvgIpc) is 2.49. The fourth-order valence-electron chi connectivity index (χ4n) is 0.655. The van der Waals surface area contributed by atoms with E-state index >= 15 is 0 Å². The molecule has 0 aliphatic heterocycles. The predicted molar refractivity (Wildman–Crippen MR) is 53.0 cm³/mol. The summed E-state index contributed by atoms with van der Waals surface area (Å²) in [4.78, 5) is 12.9. The van der Waals surface area contributed by atoms with Gasteiger partial charge in [0, 0.05) is 1.43 Å². The van der Waals surface area contributed by atoms with Gasteiger partial charge >= 0.3 is 5.76 Å². The van der Waals surface area contributed by atoms with Gasteiger partial charge in [-0.2, -0.15) is 0 Å². The molecule has 0 atom stereocenters. The Morgan fingerprint density at radius 2 is 2.00 bits per heavy atom. The molecule has 1 rings (SSSR count). The highest BCUT2D eigenvalue weighted by molar-refractivity contribution is 5.55. The zero-order valence-corrected chi connectivity index (χ0v) is 7.39. The second-order valence-corrected chi connectivity index (χ2v) is 1.70. The lowest BCUT2D eigenvalue weighted by atomic mass is 10.3. The summed E-state index contributed by atoms with van der Waals surface area (Å²) in [5.74, 6) is -0.0511. The van der Waals surface area contributed by atoms with E-state index in [1.807, 2.05) is 13.8 Å². The first-order valence-electron chi connectivity index (χ1n) is 3.76. The summed E-state index contributed by atoms with van der Waals surface area (Å²) in [6.07, 6.45) is 2.96. The van der Waals surface area contributed by atoms with Crippen molar-refractivity contribution < 1.29 is 5.84 Å². The largest absolute Gasteiger partial charge is 0.417 e. The van der Waals surface area contributed by atoms with Gasteiger partial charge in [0.05, 0.1) is 5.69 Å². The summed E-state index contributed by atoms with van der Waals surface area (Å²) in [6.45, 7) is 10.9. The summed E-state index contributed by atoms with van der Waals surface area (Å²) in [5, 5.41) is 0. The van der Waals surface area contributed by atoms with Crippen LogP contribution < -0.4 is 5.76 Å². The fraction of sp³-hybridized carbons (Fsp3) is 0.222. The molecule has 1 heterocycles. The SMILES string of the molecule is C=Cc1[nH]c(=O)oc1C=C.CC.[HH]. The van der Waals surface area contributed by atoms with Gasteiger partial charge in [-0.25, -0.2) is 4.79 Å². The minimum absolute atomic E-state index is 0. The van der Waals surface area contributed by atoms with Crippen molar-refractivity contribution in [1.82, 2.24) is 4.98 Å². The minimum atomic E-state index is -0.482. The lowest BCUT2D eigenvalue weighted by molar-refractivity contribution is 0.507. The number of aromatic nitrogens is 1. The summed E-state index contributed by atoms with van der Waals surface area (Å²) >= 11 is 0. The van der Waals surface area contributed by atoms with E-state index in [9.17, 15) is 4.79 Å². The predicted octanol–water partition coefficient (Wildman–Crippen LogP) is 2.53. The zero-order valence-electron chi connectivity index (χ0n) is 7.39. The molecule has 0 unspecified atom stereocenters. The third-order valence-corrected chi connectivity index (χ3v) is 1.09. The third-order valence-electron chi connectivity index (χ3n) is 1.09. The molecule has 0 radical (unpaired) electrons. The molecule has 0 aromatic carbocycles. The molecule has 0 fully saturated rings. The van der Waals surface area contributed by atoms with Crippen LogP contribution in [0.5, 0.6) is 0 Å². The van der Waals surface area contributed by atoms with Crippen molar-refractivity contribution in [3.8, 4) is 0 Å². The van der Waals surface area contributed by atoms with Crippen molar-refractivity contribution in [3.63, 3.8) is 0 Å². The number of rotatable bonds is 2. The van der Waals surface area contributed by atoms with Crippen LogP contribution in [0.2, 0.25) is 0 Å². The number of H-pyrrole nitrogens is 1. The van der Waals surface area contributed by atoms with Gasteiger partial charge in [-0.3, -0.25) is 4.98 Å². The van der Waals surface area contributed by atoms with Gasteiger partial charge in [-0.1, -0.05) is 27.0 Å². The van der Waals surface area contributed by atoms with Crippen LogP contribution in [-0.2, 0) is 0 Å². The molecular weight excluding hydrogens is 154 g/mol. The van der Waals surface area contributed by atoms with Gasteiger partial charge < -0.3 is 4.42 Å². The van der Waals surface area contributed by atoms with Crippen LogP contribution in [-0.4, -0.2) is 4.98 Å². The first-order valence-corrected chi connectivity index (χ1v) is 3.76. The quantitative estimate of drug-likeness (QED) is 0.739. The zero-order chi connectivity index (χ0) is 9.56. The first-order chi connectivity index (χ1) is 5.77. The second kappa shape index (κ2) is 5.18. The maximum Gasteiger partial charge on any atom is 0.417 e. The van der Waals surface area contributed by atoms with Crippen molar-refractivity contribution >= 4 is 12.2 Å². The Morgan fingerprint density at radius 3 is 2.33 bits per heavy atom. The molecule has 0 bridgehead atoms. The Morgan fingerprint density at radius 1 is 1.42 bits per heavy atom. The Kier molecular flexibility index (Phi) is 4.53. The van der Waals surface area contributed by atoms with E-state index in [0.717, 1.165) is 0 Å². The van der Waals surface area contributed by atoms with Gasteiger partial charge in [0.25, 0.3) is 0 Å². The molecule has 1 N–H and O–H groups in total. The van der Waals surface area contributed by atoms with Crippen LogP contribution in [0.15, 0.2) is 22.4 Å². The molecule has 12 heavy (non-hydrogen) atoms. The third kappa shape index (κ3) is 2.27. The normalized spacial score (nSPS) is 8.17. The number of aromatic amines is 1. The smallest absolute Gasteiger partial charge is 0.408 e. The molecule has 0 spiro atoms. The van der Waals surface area contributed by atoms with E-state index in [-0.39, 0.29) is 1.43 Å². The average molecular weight is 169 g/mol. The van der Waals surface area contributed by atoms with Crippen LogP contribution in [0, 0.1) is 0 Å². The standard InChI is InChI=1S/C7H7NO2.C2H6.H2/c1-3-5-6(4-2)10-7(9)8-5;1-2;/h3-4H,1-2H2,(H,8,9);1-2H3;1H. The highest BCUT2D eigenvalue weighted by Crippen LogP contribution is 2.04.